The molecule has 3 aromatic carbocycles. The van der Waals surface area contributed by atoms with E-state index in [0.29, 0.717) is 33.7 Å². The Morgan fingerprint density at radius 3 is 2.37 bits per heavy atom. The van der Waals surface area contributed by atoms with Crippen molar-refractivity contribution in [3.8, 4) is 11.4 Å². The van der Waals surface area contributed by atoms with Crippen molar-refractivity contribution in [2.45, 2.75) is 13.8 Å². The van der Waals surface area contributed by atoms with Crippen molar-refractivity contribution in [1.82, 2.24) is 15.0 Å². The number of aromatic nitrogens is 3. The van der Waals surface area contributed by atoms with Crippen molar-refractivity contribution in [2.75, 3.05) is 12.4 Å². The number of carbonyl (C=O) groups is 1. The molecule has 0 aliphatic rings. The lowest BCUT2D eigenvalue weighted by Crippen LogP contribution is -2.14. The van der Waals surface area contributed by atoms with Crippen LogP contribution in [0.3, 0.4) is 0 Å². The summed E-state index contributed by atoms with van der Waals surface area (Å²) >= 11 is 3.43. The summed E-state index contributed by atoms with van der Waals surface area (Å²) in [5, 5.41) is 11.8. The molecule has 0 aliphatic carbocycles. The molecule has 6 nitrogen and oxygen atoms in total. The molecule has 0 aliphatic heterocycles. The van der Waals surface area contributed by atoms with Crippen LogP contribution >= 0.6 is 15.9 Å². The van der Waals surface area contributed by atoms with Gasteiger partial charge >= 0.3 is 0 Å². The van der Waals surface area contributed by atoms with E-state index < -0.39 is 0 Å². The second-order valence-electron chi connectivity index (χ2n) is 6.88. The second-order valence-corrected chi connectivity index (χ2v) is 7.79. The number of aryl methyl sites for hydroxylation is 2. The van der Waals surface area contributed by atoms with Gasteiger partial charge in [0.1, 0.15) is 22.6 Å². The van der Waals surface area contributed by atoms with E-state index in [1.807, 2.05) is 26.0 Å². The highest BCUT2D eigenvalue weighted by molar-refractivity contribution is 9.10. The van der Waals surface area contributed by atoms with Crippen molar-refractivity contribution in [1.29, 1.82) is 0 Å². The smallest absolute Gasteiger partial charge is 0.259 e. The number of hydrogen-bond donors (Lipinski definition) is 1. The van der Waals surface area contributed by atoms with Gasteiger partial charge in [-0.05, 0) is 73.5 Å². The summed E-state index contributed by atoms with van der Waals surface area (Å²) in [6.45, 7) is 3.76. The van der Waals surface area contributed by atoms with Gasteiger partial charge in [0.25, 0.3) is 5.91 Å². The highest BCUT2D eigenvalue weighted by atomic mass is 79.9. The number of ether oxygens (including phenoxy) is 1. The van der Waals surface area contributed by atoms with E-state index in [1.165, 1.54) is 24.0 Å². The zero-order chi connectivity index (χ0) is 21.4. The molecule has 1 aromatic heterocycles. The van der Waals surface area contributed by atoms with Gasteiger partial charge in [-0.1, -0.05) is 15.9 Å². The Bertz CT molecular complexity index is 1270. The third-order valence-electron chi connectivity index (χ3n) is 4.72. The van der Waals surface area contributed by atoms with E-state index in [4.69, 9.17) is 4.74 Å². The van der Waals surface area contributed by atoms with Gasteiger partial charge in [-0.2, -0.15) is 4.80 Å². The zero-order valence-electron chi connectivity index (χ0n) is 16.5. The first-order chi connectivity index (χ1) is 14.4. The van der Waals surface area contributed by atoms with Gasteiger partial charge in [-0.3, -0.25) is 4.79 Å². The number of anilines is 1. The zero-order valence-corrected chi connectivity index (χ0v) is 18.1. The molecule has 0 saturated carbocycles. The molecule has 0 radical (unpaired) electrons. The molecule has 8 heteroatoms. The molecule has 4 aromatic rings. The minimum absolute atomic E-state index is 0.287. The number of nitrogens with one attached hydrogen (secondary N) is 1. The second kappa shape index (κ2) is 7.87. The van der Waals surface area contributed by atoms with E-state index >= 15 is 0 Å². The van der Waals surface area contributed by atoms with Gasteiger partial charge in [0, 0.05) is 10.2 Å². The summed E-state index contributed by atoms with van der Waals surface area (Å²) in [5.74, 6) is -0.0872. The lowest BCUT2D eigenvalue weighted by molar-refractivity contribution is 0.102. The van der Waals surface area contributed by atoms with Crippen molar-refractivity contribution in [3.05, 3.63) is 75.5 Å². The highest BCUT2D eigenvalue weighted by Crippen LogP contribution is 2.29. The van der Waals surface area contributed by atoms with Gasteiger partial charge in [0.05, 0.1) is 18.4 Å². The maximum Gasteiger partial charge on any atom is 0.259 e. The number of amides is 1. The average molecular weight is 469 g/mol. The van der Waals surface area contributed by atoms with Crippen LogP contribution in [0.2, 0.25) is 0 Å². The van der Waals surface area contributed by atoms with E-state index in [0.717, 1.165) is 15.6 Å². The Morgan fingerprint density at radius 1 is 1.03 bits per heavy atom. The predicted octanol–water partition coefficient (Wildman–Crippen LogP) is 5.20. The van der Waals surface area contributed by atoms with Gasteiger partial charge in [-0.25, -0.2) is 4.39 Å². The lowest BCUT2D eigenvalue weighted by atomic mass is 10.1. The molecule has 0 bridgehead atoms. The summed E-state index contributed by atoms with van der Waals surface area (Å²) in [5.41, 5.74) is 4.67. The summed E-state index contributed by atoms with van der Waals surface area (Å²) < 4.78 is 19.4. The first-order valence-corrected chi connectivity index (χ1v) is 9.94. The van der Waals surface area contributed by atoms with Gasteiger partial charge in [0.2, 0.25) is 0 Å². The number of methoxy groups -OCH3 is 1. The molecule has 1 heterocycles. The standard InChI is InChI=1S/C22H18BrFN4O2/c1-12-9-19-20(27-28(26-19)16-6-4-15(24)5-7-16)11-18(12)25-22(29)17-10-14(23)8-13(2)21(17)30-3/h4-11H,1-3H3,(H,25,29). The Morgan fingerprint density at radius 2 is 1.70 bits per heavy atom. The molecular weight excluding hydrogens is 451 g/mol. The molecule has 0 saturated heterocycles. The molecule has 4 rings (SSSR count). The first-order valence-electron chi connectivity index (χ1n) is 9.15. The number of rotatable bonds is 4. The fraction of sp³-hybridized carbons (Fsp3) is 0.136. The largest absolute Gasteiger partial charge is 0.496 e. The quantitative estimate of drug-likeness (QED) is 0.446. The van der Waals surface area contributed by atoms with Crippen LogP contribution in [0.1, 0.15) is 21.5 Å². The molecule has 0 fully saturated rings. The Labute approximate surface area is 180 Å². The van der Waals surface area contributed by atoms with Crippen LogP contribution in [-0.2, 0) is 0 Å². The average Bonchev–Trinajstić information content (AvgIpc) is 3.10. The van der Waals surface area contributed by atoms with Crippen LogP contribution in [0.15, 0.2) is 53.0 Å². The number of fused-ring (bicyclic) bond motifs is 1. The van der Waals surface area contributed by atoms with Crippen LogP contribution in [0.25, 0.3) is 16.7 Å². The monoisotopic (exact) mass is 468 g/mol. The third kappa shape index (κ3) is 3.78. The molecular formula is C22H18BrFN4O2. The fourth-order valence-corrected chi connectivity index (χ4v) is 3.82. The van der Waals surface area contributed by atoms with Crippen LogP contribution in [0.4, 0.5) is 10.1 Å². The summed E-state index contributed by atoms with van der Waals surface area (Å²) in [7, 11) is 1.54. The Balaban J connectivity index is 1.69. The molecule has 1 N–H and O–H groups in total. The topological polar surface area (TPSA) is 69.0 Å². The molecule has 0 atom stereocenters. The summed E-state index contributed by atoms with van der Waals surface area (Å²) in [4.78, 5) is 14.4. The minimum Gasteiger partial charge on any atom is -0.496 e. The van der Waals surface area contributed by atoms with E-state index in [9.17, 15) is 9.18 Å². The van der Waals surface area contributed by atoms with Crippen LogP contribution in [-0.4, -0.2) is 28.0 Å². The van der Waals surface area contributed by atoms with Crippen molar-refractivity contribution >= 4 is 38.6 Å². The predicted molar refractivity (Wildman–Crippen MR) is 117 cm³/mol. The van der Waals surface area contributed by atoms with Crippen molar-refractivity contribution < 1.29 is 13.9 Å². The highest BCUT2D eigenvalue weighted by Gasteiger charge is 2.17. The number of benzene rings is 3. The third-order valence-corrected chi connectivity index (χ3v) is 5.18. The molecule has 0 unspecified atom stereocenters. The van der Waals surface area contributed by atoms with Crippen LogP contribution in [0.5, 0.6) is 5.75 Å². The van der Waals surface area contributed by atoms with Gasteiger partial charge in [0.15, 0.2) is 0 Å². The summed E-state index contributed by atoms with van der Waals surface area (Å²) in [6.07, 6.45) is 0. The Kier molecular flexibility index (Phi) is 5.26. The van der Waals surface area contributed by atoms with Crippen molar-refractivity contribution in [3.63, 3.8) is 0 Å². The maximum atomic E-state index is 13.2. The number of halogens is 2. The normalized spacial score (nSPS) is 11.0. The number of nitrogens with zero attached hydrogens (tertiary/aromatic N) is 3. The molecule has 30 heavy (non-hydrogen) atoms. The van der Waals surface area contributed by atoms with E-state index in [-0.39, 0.29) is 11.7 Å². The minimum atomic E-state index is -0.325. The van der Waals surface area contributed by atoms with Crippen LogP contribution in [0, 0.1) is 19.7 Å². The Hall–Kier alpha value is -3.26. The SMILES string of the molecule is COc1c(C)cc(Br)cc1C(=O)Nc1cc2nn(-c3ccc(F)cc3)nc2cc1C. The van der Waals surface area contributed by atoms with E-state index in [2.05, 4.69) is 31.4 Å². The van der Waals surface area contributed by atoms with Gasteiger partial charge in [-0.15, -0.1) is 10.2 Å². The number of hydrogen-bond acceptors (Lipinski definition) is 4. The first kappa shape index (κ1) is 20.0. The lowest BCUT2D eigenvalue weighted by Gasteiger charge is -2.13. The molecule has 1 amide bonds. The maximum absolute atomic E-state index is 13.2. The summed E-state index contributed by atoms with van der Waals surface area (Å²) in [6, 6.07) is 13.1. The fourth-order valence-electron chi connectivity index (χ4n) is 3.25. The molecule has 152 valence electrons. The number of carbonyl (C=O) groups excluding carboxylic acids is 1. The van der Waals surface area contributed by atoms with Crippen LogP contribution < -0.4 is 10.1 Å². The van der Waals surface area contributed by atoms with Gasteiger partial charge < -0.3 is 10.1 Å². The van der Waals surface area contributed by atoms with E-state index in [1.54, 1.807) is 24.3 Å². The molecule has 0 spiro atoms. The van der Waals surface area contributed by atoms with Crippen molar-refractivity contribution in [2.24, 2.45) is 0 Å².